The van der Waals surface area contributed by atoms with Crippen LogP contribution in [0.2, 0.25) is 0 Å². The number of ether oxygens (including phenoxy) is 2. The number of rotatable bonds is 7. The lowest BCUT2D eigenvalue weighted by atomic mass is 10.1. The second-order valence-electron chi connectivity index (χ2n) is 7.80. The number of carbonyl (C=O) groups is 1. The molecule has 1 aromatic heterocycles. The first-order chi connectivity index (χ1) is 15.1. The Hall–Kier alpha value is -2.58. The van der Waals surface area contributed by atoms with E-state index in [0.29, 0.717) is 24.5 Å². The summed E-state index contributed by atoms with van der Waals surface area (Å²) >= 11 is 1.61. The topological polar surface area (TPSA) is 76.6 Å². The summed E-state index contributed by atoms with van der Waals surface area (Å²) in [5.41, 5.74) is 2.04. The molecule has 0 radical (unpaired) electrons. The fraction of sp³-hybridized carbons (Fsp3) is 0.435. The molecule has 0 spiro atoms. The van der Waals surface area contributed by atoms with Crippen molar-refractivity contribution in [2.75, 3.05) is 13.2 Å². The number of carbonyl (C=O) groups excluding carboxylic acids is 1. The monoisotopic (exact) mass is 440 g/mol. The summed E-state index contributed by atoms with van der Waals surface area (Å²) in [6.07, 6.45) is 8.92. The van der Waals surface area contributed by atoms with Crippen LogP contribution in [-0.4, -0.2) is 45.6 Å². The Bertz CT molecular complexity index is 929. The molecule has 0 saturated carbocycles. The van der Waals surface area contributed by atoms with E-state index in [0.717, 1.165) is 42.2 Å². The normalized spacial score (nSPS) is 21.0. The molecule has 31 heavy (non-hydrogen) atoms. The highest BCUT2D eigenvalue weighted by Crippen LogP contribution is 2.32. The first-order valence-corrected chi connectivity index (χ1v) is 11.5. The zero-order chi connectivity index (χ0) is 21.6. The minimum absolute atomic E-state index is 0.0909. The highest BCUT2D eigenvalue weighted by atomic mass is 32.2. The molecule has 1 amide bonds. The Kier molecular flexibility index (Phi) is 7.09. The molecule has 164 valence electrons. The van der Waals surface area contributed by atoms with Gasteiger partial charge in [-0.05, 0) is 45.2 Å². The van der Waals surface area contributed by atoms with E-state index >= 15 is 0 Å². The highest BCUT2D eigenvalue weighted by Gasteiger charge is 2.27. The van der Waals surface area contributed by atoms with Gasteiger partial charge in [0.25, 0.3) is 5.91 Å². The number of nitrogens with one attached hydrogen (secondary N) is 1. The quantitative estimate of drug-likeness (QED) is 0.701. The van der Waals surface area contributed by atoms with Crippen LogP contribution in [-0.2, 0) is 11.3 Å². The van der Waals surface area contributed by atoms with Gasteiger partial charge in [-0.15, -0.1) is 0 Å². The van der Waals surface area contributed by atoms with E-state index in [1.54, 1.807) is 30.2 Å². The number of hydrogen-bond acceptors (Lipinski definition) is 7. The largest absolute Gasteiger partial charge is 0.490 e. The number of para-hydroxylation sites is 1. The van der Waals surface area contributed by atoms with Gasteiger partial charge in [-0.3, -0.25) is 14.8 Å². The van der Waals surface area contributed by atoms with Crippen LogP contribution in [0.4, 0.5) is 0 Å². The Labute approximate surface area is 187 Å². The summed E-state index contributed by atoms with van der Waals surface area (Å²) in [5, 5.41) is 3.12. The van der Waals surface area contributed by atoms with E-state index in [9.17, 15) is 4.79 Å². The molecule has 2 atom stereocenters. The molecule has 1 saturated heterocycles. The molecule has 2 aromatic rings. The van der Waals surface area contributed by atoms with Gasteiger partial charge in [0.05, 0.1) is 35.8 Å². The molecule has 3 heterocycles. The van der Waals surface area contributed by atoms with Crippen LogP contribution in [0.5, 0.6) is 5.75 Å². The van der Waals surface area contributed by atoms with E-state index < -0.39 is 0 Å². The third kappa shape index (κ3) is 5.77. The van der Waals surface area contributed by atoms with E-state index in [2.05, 4.69) is 20.2 Å². The van der Waals surface area contributed by atoms with Crippen LogP contribution < -0.4 is 10.1 Å². The fourth-order valence-electron chi connectivity index (χ4n) is 3.60. The van der Waals surface area contributed by atoms with Crippen LogP contribution in [0.25, 0.3) is 0 Å². The van der Waals surface area contributed by atoms with Crippen molar-refractivity contribution in [1.82, 2.24) is 20.2 Å². The van der Waals surface area contributed by atoms with Gasteiger partial charge >= 0.3 is 0 Å². The Morgan fingerprint density at radius 3 is 2.90 bits per heavy atom. The molecule has 7 nitrogen and oxygen atoms in total. The molecule has 0 aliphatic carbocycles. The van der Waals surface area contributed by atoms with Crippen LogP contribution in [0.15, 0.2) is 47.8 Å². The van der Waals surface area contributed by atoms with Gasteiger partial charge in [0.15, 0.2) is 5.50 Å². The van der Waals surface area contributed by atoms with Gasteiger partial charge in [0.1, 0.15) is 12.4 Å². The SMILES string of the molecule is CC1=CN(Cc2cnc(C)cn2)C(NC(=O)c2ccccc2OCC2CCCCO2)S1. The third-order valence-corrected chi connectivity index (χ3v) is 6.30. The maximum atomic E-state index is 13.1. The second-order valence-corrected chi connectivity index (χ2v) is 9.13. The molecule has 2 unspecified atom stereocenters. The van der Waals surface area contributed by atoms with Gasteiger partial charge < -0.3 is 19.7 Å². The summed E-state index contributed by atoms with van der Waals surface area (Å²) in [7, 11) is 0. The molecule has 2 aliphatic heterocycles. The van der Waals surface area contributed by atoms with Crippen LogP contribution in [0, 0.1) is 6.92 Å². The summed E-state index contributed by atoms with van der Waals surface area (Å²) in [6.45, 7) is 5.76. The number of benzene rings is 1. The van der Waals surface area contributed by atoms with E-state index in [1.165, 1.54) is 0 Å². The lowest BCUT2D eigenvalue weighted by molar-refractivity contribution is -0.0112. The van der Waals surface area contributed by atoms with Crippen LogP contribution in [0.3, 0.4) is 0 Å². The van der Waals surface area contributed by atoms with Crippen LogP contribution >= 0.6 is 11.8 Å². The average molecular weight is 441 g/mol. The molecule has 8 heteroatoms. The first-order valence-electron chi connectivity index (χ1n) is 10.6. The number of hydrogen-bond donors (Lipinski definition) is 1. The zero-order valence-electron chi connectivity index (χ0n) is 17.9. The zero-order valence-corrected chi connectivity index (χ0v) is 18.7. The van der Waals surface area contributed by atoms with Gasteiger partial charge in [0.2, 0.25) is 0 Å². The highest BCUT2D eigenvalue weighted by molar-refractivity contribution is 8.03. The lowest BCUT2D eigenvalue weighted by Gasteiger charge is -2.26. The van der Waals surface area contributed by atoms with Crippen molar-refractivity contribution < 1.29 is 14.3 Å². The molecule has 2 aliphatic rings. The summed E-state index contributed by atoms with van der Waals surface area (Å²) in [6, 6.07) is 7.36. The molecule has 1 fully saturated rings. The van der Waals surface area contributed by atoms with Gasteiger partial charge in [-0.25, -0.2) is 0 Å². The van der Waals surface area contributed by atoms with Gasteiger partial charge in [0, 0.05) is 23.9 Å². The van der Waals surface area contributed by atoms with Crippen molar-refractivity contribution in [3.63, 3.8) is 0 Å². The molecule has 1 aromatic carbocycles. The average Bonchev–Trinajstić information content (AvgIpc) is 3.13. The van der Waals surface area contributed by atoms with Crippen molar-refractivity contribution in [2.24, 2.45) is 0 Å². The Morgan fingerprint density at radius 2 is 2.13 bits per heavy atom. The number of thioether (sulfide) groups is 1. The fourth-order valence-corrected chi connectivity index (χ4v) is 4.58. The first kappa shape index (κ1) is 21.6. The molecule has 4 rings (SSSR count). The minimum Gasteiger partial charge on any atom is -0.490 e. The molecule has 0 bridgehead atoms. The van der Waals surface area contributed by atoms with E-state index in [1.807, 2.05) is 38.2 Å². The van der Waals surface area contributed by atoms with Crippen molar-refractivity contribution in [2.45, 2.75) is 51.3 Å². The van der Waals surface area contributed by atoms with Crippen molar-refractivity contribution >= 4 is 17.7 Å². The molecular formula is C23H28N4O3S. The van der Waals surface area contributed by atoms with Crippen LogP contribution in [0.1, 0.15) is 47.9 Å². The predicted molar refractivity (Wildman–Crippen MR) is 120 cm³/mol. The van der Waals surface area contributed by atoms with E-state index in [4.69, 9.17) is 9.47 Å². The van der Waals surface area contributed by atoms with Crippen molar-refractivity contribution in [3.8, 4) is 5.75 Å². The van der Waals surface area contributed by atoms with Crippen molar-refractivity contribution in [1.29, 1.82) is 0 Å². The van der Waals surface area contributed by atoms with Gasteiger partial charge in [-0.2, -0.15) is 0 Å². The van der Waals surface area contributed by atoms with E-state index in [-0.39, 0.29) is 17.5 Å². The third-order valence-electron chi connectivity index (χ3n) is 5.21. The summed E-state index contributed by atoms with van der Waals surface area (Å²) in [4.78, 5) is 25.1. The summed E-state index contributed by atoms with van der Waals surface area (Å²) < 4.78 is 11.7. The number of allylic oxidation sites excluding steroid dienone is 1. The maximum Gasteiger partial charge on any atom is 0.257 e. The smallest absolute Gasteiger partial charge is 0.257 e. The predicted octanol–water partition coefficient (Wildman–Crippen LogP) is 3.86. The lowest BCUT2D eigenvalue weighted by Crippen LogP contribution is -2.41. The number of aryl methyl sites for hydroxylation is 1. The molecular weight excluding hydrogens is 412 g/mol. The standard InChI is InChI=1S/C23H28N4O3S/c1-16-11-25-18(12-24-16)14-27-13-17(2)31-23(27)26-22(28)20-8-3-4-9-21(20)30-15-19-7-5-6-10-29-19/h3-4,8-9,11-13,19,23H,5-7,10,14-15H2,1-2H3,(H,26,28). The summed E-state index contributed by atoms with van der Waals surface area (Å²) in [5.74, 6) is 0.415. The Morgan fingerprint density at radius 1 is 1.26 bits per heavy atom. The van der Waals surface area contributed by atoms with Gasteiger partial charge in [-0.1, -0.05) is 23.9 Å². The minimum atomic E-state index is -0.217. The molecule has 1 N–H and O–H groups in total. The number of aromatic nitrogens is 2. The maximum absolute atomic E-state index is 13.1. The number of amides is 1. The van der Waals surface area contributed by atoms with Crippen molar-refractivity contribution in [3.05, 3.63) is 64.7 Å². The Balaban J connectivity index is 1.40. The second kappa shape index (κ2) is 10.2. The number of nitrogens with zero attached hydrogens (tertiary/aromatic N) is 3.